The molecule has 0 aromatic heterocycles. The van der Waals surface area contributed by atoms with Crippen molar-refractivity contribution in [1.29, 1.82) is 0 Å². The molecule has 2 aromatic rings. The van der Waals surface area contributed by atoms with Gasteiger partial charge in [0.25, 0.3) is 0 Å². The molecular formula is C21H24FN3O4S. The molecule has 1 heterocycles. The number of amides is 2. The second-order valence-corrected chi connectivity index (χ2v) is 9.66. The maximum absolute atomic E-state index is 13.8. The number of nitrogens with zero attached hydrogens (tertiary/aromatic N) is 2. The molecule has 1 aliphatic heterocycles. The zero-order valence-corrected chi connectivity index (χ0v) is 17.9. The minimum Gasteiger partial charge on any atom is -0.350 e. The van der Waals surface area contributed by atoms with Crippen LogP contribution in [0.4, 0.5) is 10.1 Å². The number of sulfonamides is 1. The molecule has 9 heteroatoms. The lowest BCUT2D eigenvalue weighted by Crippen LogP contribution is -2.70. The fourth-order valence-electron chi connectivity index (χ4n) is 3.50. The number of piperazine rings is 1. The number of halogens is 1. The molecular weight excluding hydrogens is 409 g/mol. The van der Waals surface area contributed by atoms with Crippen molar-refractivity contribution < 1.29 is 22.4 Å². The minimum atomic E-state index is -3.72. The van der Waals surface area contributed by atoms with E-state index in [-0.39, 0.29) is 18.8 Å². The van der Waals surface area contributed by atoms with Crippen molar-refractivity contribution in [2.75, 3.05) is 24.2 Å². The molecule has 0 spiro atoms. The number of carbonyl (C=O) groups is 2. The van der Waals surface area contributed by atoms with Crippen LogP contribution in [0, 0.1) is 12.7 Å². The molecule has 1 atom stereocenters. The molecule has 30 heavy (non-hydrogen) atoms. The van der Waals surface area contributed by atoms with Gasteiger partial charge in [-0.3, -0.25) is 14.5 Å². The third-order valence-electron chi connectivity index (χ3n) is 5.14. The van der Waals surface area contributed by atoms with Gasteiger partial charge < -0.3 is 5.32 Å². The number of carbonyl (C=O) groups excluding carboxylic acids is 2. The summed E-state index contributed by atoms with van der Waals surface area (Å²) in [7, 11) is -3.72. The highest BCUT2D eigenvalue weighted by molar-refractivity contribution is 7.88. The van der Waals surface area contributed by atoms with Crippen molar-refractivity contribution in [3.63, 3.8) is 0 Å². The number of anilines is 1. The number of benzene rings is 2. The van der Waals surface area contributed by atoms with Gasteiger partial charge in [0, 0.05) is 18.8 Å². The predicted molar refractivity (Wildman–Crippen MR) is 112 cm³/mol. The average molecular weight is 434 g/mol. The molecule has 0 unspecified atom stereocenters. The lowest BCUT2D eigenvalue weighted by Gasteiger charge is -2.46. The number of aryl methyl sites for hydroxylation is 1. The Balaban J connectivity index is 1.95. The smallest absolute Gasteiger partial charge is 0.247 e. The maximum Gasteiger partial charge on any atom is 0.247 e. The quantitative estimate of drug-likeness (QED) is 0.779. The first-order valence-electron chi connectivity index (χ1n) is 9.38. The summed E-state index contributed by atoms with van der Waals surface area (Å²) in [5.41, 5.74) is 0.575. The van der Waals surface area contributed by atoms with Gasteiger partial charge in [-0.05, 0) is 37.6 Å². The van der Waals surface area contributed by atoms with E-state index in [1.807, 2.05) is 31.2 Å². The normalized spacial score (nSPS) is 20.3. The summed E-state index contributed by atoms with van der Waals surface area (Å²) in [6.45, 7) is 2.98. The number of rotatable bonds is 5. The van der Waals surface area contributed by atoms with E-state index in [0.717, 1.165) is 27.8 Å². The summed E-state index contributed by atoms with van der Waals surface area (Å²) in [6, 6.07) is 12.9. The van der Waals surface area contributed by atoms with E-state index in [4.69, 9.17) is 0 Å². The SMILES string of the molecule is Cc1ccc(CNC(=O)[C@@]2(C)CN(S(C)(=O)=O)CC(=O)N2c2cccc(F)c2)cc1. The van der Waals surface area contributed by atoms with Crippen LogP contribution in [0.1, 0.15) is 18.1 Å². The Hall–Kier alpha value is -2.78. The van der Waals surface area contributed by atoms with Crippen molar-refractivity contribution in [2.45, 2.75) is 25.9 Å². The Morgan fingerprint density at radius 2 is 1.87 bits per heavy atom. The monoisotopic (exact) mass is 433 g/mol. The fraction of sp³-hybridized carbons (Fsp3) is 0.333. The largest absolute Gasteiger partial charge is 0.350 e. The number of hydrogen-bond acceptors (Lipinski definition) is 4. The Kier molecular flexibility index (Phi) is 5.96. The van der Waals surface area contributed by atoms with Gasteiger partial charge in [-0.1, -0.05) is 35.9 Å². The summed E-state index contributed by atoms with van der Waals surface area (Å²) in [6.07, 6.45) is 0.989. The Morgan fingerprint density at radius 3 is 2.47 bits per heavy atom. The van der Waals surface area contributed by atoms with Crippen LogP contribution < -0.4 is 10.2 Å². The fourth-order valence-corrected chi connectivity index (χ4v) is 4.33. The molecule has 0 saturated carbocycles. The van der Waals surface area contributed by atoms with Crippen LogP contribution in [-0.2, 0) is 26.2 Å². The van der Waals surface area contributed by atoms with Crippen LogP contribution in [0.25, 0.3) is 0 Å². The average Bonchev–Trinajstić information content (AvgIpc) is 2.66. The first kappa shape index (κ1) is 21.9. The van der Waals surface area contributed by atoms with E-state index in [1.165, 1.54) is 30.0 Å². The Labute approximate surface area is 175 Å². The Morgan fingerprint density at radius 1 is 1.20 bits per heavy atom. The van der Waals surface area contributed by atoms with Crippen LogP contribution in [0.5, 0.6) is 0 Å². The molecule has 1 N–H and O–H groups in total. The van der Waals surface area contributed by atoms with Gasteiger partial charge in [0.2, 0.25) is 21.8 Å². The third-order valence-corrected chi connectivity index (χ3v) is 6.33. The van der Waals surface area contributed by atoms with Gasteiger partial charge in [-0.2, -0.15) is 4.31 Å². The van der Waals surface area contributed by atoms with Gasteiger partial charge in [0.15, 0.2) is 0 Å². The van der Waals surface area contributed by atoms with Crippen molar-refractivity contribution in [2.24, 2.45) is 0 Å². The van der Waals surface area contributed by atoms with Crippen molar-refractivity contribution in [3.8, 4) is 0 Å². The van der Waals surface area contributed by atoms with Gasteiger partial charge in [-0.15, -0.1) is 0 Å². The zero-order chi connectivity index (χ0) is 22.1. The number of nitrogens with one attached hydrogen (secondary N) is 1. The summed E-state index contributed by atoms with van der Waals surface area (Å²) in [5, 5.41) is 2.79. The van der Waals surface area contributed by atoms with E-state index in [1.54, 1.807) is 0 Å². The highest BCUT2D eigenvalue weighted by Crippen LogP contribution is 2.31. The lowest BCUT2D eigenvalue weighted by molar-refractivity contribution is -0.133. The standard InChI is InChI=1S/C21H24FN3O4S/c1-15-7-9-16(10-8-15)12-23-20(27)21(2)14-24(30(3,28)29)13-19(26)25(21)18-6-4-5-17(22)11-18/h4-11H,12-14H2,1-3H3,(H,23,27)/t21-/m1/s1. The molecule has 3 rings (SSSR count). The summed E-state index contributed by atoms with van der Waals surface area (Å²) in [4.78, 5) is 27.3. The molecule has 1 aliphatic rings. The van der Waals surface area contributed by atoms with Gasteiger partial charge in [0.1, 0.15) is 11.4 Å². The van der Waals surface area contributed by atoms with E-state index < -0.39 is 39.7 Å². The van der Waals surface area contributed by atoms with Crippen LogP contribution >= 0.6 is 0 Å². The van der Waals surface area contributed by atoms with Crippen molar-refractivity contribution >= 4 is 27.5 Å². The highest BCUT2D eigenvalue weighted by Gasteiger charge is 2.50. The Bertz CT molecular complexity index is 1070. The van der Waals surface area contributed by atoms with Crippen molar-refractivity contribution in [1.82, 2.24) is 9.62 Å². The molecule has 1 fully saturated rings. The molecule has 1 saturated heterocycles. The van der Waals surface area contributed by atoms with Gasteiger partial charge in [-0.25, -0.2) is 12.8 Å². The number of hydrogen-bond donors (Lipinski definition) is 1. The van der Waals surface area contributed by atoms with Crippen LogP contribution in [0.2, 0.25) is 0 Å². The lowest BCUT2D eigenvalue weighted by atomic mass is 9.94. The maximum atomic E-state index is 13.8. The second-order valence-electron chi connectivity index (χ2n) is 7.68. The molecule has 2 amide bonds. The van der Waals surface area contributed by atoms with E-state index in [9.17, 15) is 22.4 Å². The topological polar surface area (TPSA) is 86.8 Å². The first-order chi connectivity index (χ1) is 14.0. The molecule has 7 nitrogen and oxygen atoms in total. The molecule has 2 aromatic carbocycles. The molecule has 0 bridgehead atoms. The van der Waals surface area contributed by atoms with Gasteiger partial charge in [0.05, 0.1) is 12.8 Å². The minimum absolute atomic E-state index is 0.195. The summed E-state index contributed by atoms with van der Waals surface area (Å²) in [5.74, 6) is -1.70. The summed E-state index contributed by atoms with van der Waals surface area (Å²) < 4.78 is 39.0. The van der Waals surface area contributed by atoms with Crippen LogP contribution in [0.15, 0.2) is 48.5 Å². The zero-order valence-electron chi connectivity index (χ0n) is 17.1. The predicted octanol–water partition coefficient (Wildman–Crippen LogP) is 1.82. The van der Waals surface area contributed by atoms with Crippen LogP contribution in [0.3, 0.4) is 0 Å². The second kappa shape index (κ2) is 8.16. The van der Waals surface area contributed by atoms with E-state index in [0.29, 0.717) is 0 Å². The highest BCUT2D eigenvalue weighted by atomic mass is 32.2. The molecule has 0 radical (unpaired) electrons. The summed E-state index contributed by atoms with van der Waals surface area (Å²) >= 11 is 0. The van der Waals surface area contributed by atoms with Crippen molar-refractivity contribution in [3.05, 3.63) is 65.5 Å². The van der Waals surface area contributed by atoms with Crippen LogP contribution in [-0.4, -0.2) is 49.4 Å². The molecule has 160 valence electrons. The molecule has 0 aliphatic carbocycles. The first-order valence-corrected chi connectivity index (χ1v) is 11.2. The van der Waals surface area contributed by atoms with Gasteiger partial charge >= 0.3 is 0 Å². The third kappa shape index (κ3) is 4.52. The van der Waals surface area contributed by atoms with E-state index >= 15 is 0 Å². The van der Waals surface area contributed by atoms with E-state index in [2.05, 4.69) is 5.32 Å².